The summed E-state index contributed by atoms with van der Waals surface area (Å²) in [6.07, 6.45) is 1.61. The topological polar surface area (TPSA) is 119 Å². The van der Waals surface area contributed by atoms with Gasteiger partial charge >= 0.3 is 5.82 Å². The molecule has 2 aromatic rings. The molecule has 0 aliphatic rings. The van der Waals surface area contributed by atoms with Crippen molar-refractivity contribution in [3.05, 3.63) is 39.8 Å². The quantitative estimate of drug-likeness (QED) is 0.583. The van der Waals surface area contributed by atoms with E-state index in [-0.39, 0.29) is 18.1 Å². The number of carbonyl (C=O) groups excluding carboxylic acids is 1. The average molecular weight is 250 g/mol. The lowest BCUT2D eigenvalue weighted by molar-refractivity contribution is -0.389. The van der Waals surface area contributed by atoms with Crippen LogP contribution < -0.4 is 5.32 Å². The number of aromatic amines is 1. The molecule has 94 valence electrons. The summed E-state index contributed by atoms with van der Waals surface area (Å²) >= 11 is 0. The third-order valence-corrected chi connectivity index (χ3v) is 2.35. The largest absolute Gasteiger partial charge is 0.358 e. The van der Waals surface area contributed by atoms with E-state index < -0.39 is 10.8 Å². The Morgan fingerprint density at radius 3 is 3.00 bits per heavy atom. The molecule has 0 aromatic carbocycles. The second-order valence-electron chi connectivity index (χ2n) is 3.52. The fourth-order valence-corrected chi connectivity index (χ4v) is 1.36. The zero-order chi connectivity index (χ0) is 13.1. The number of aryl methyl sites for hydroxylation is 1. The molecule has 0 unspecified atom stereocenters. The van der Waals surface area contributed by atoms with Gasteiger partial charge in [-0.25, -0.2) is 0 Å². The minimum Gasteiger partial charge on any atom is -0.358 e. The SMILES string of the molecule is Cn1nccc1CNC(=O)c1cc([N+](=O)[O-])[nH]n1. The molecule has 18 heavy (non-hydrogen) atoms. The summed E-state index contributed by atoms with van der Waals surface area (Å²) in [6, 6.07) is 2.84. The van der Waals surface area contributed by atoms with Crippen molar-refractivity contribution in [2.45, 2.75) is 6.54 Å². The number of amides is 1. The Morgan fingerprint density at radius 2 is 2.44 bits per heavy atom. The normalized spacial score (nSPS) is 10.3. The first-order valence-corrected chi connectivity index (χ1v) is 5.03. The molecule has 9 heteroatoms. The second-order valence-corrected chi connectivity index (χ2v) is 3.52. The minimum absolute atomic E-state index is 0.0242. The maximum absolute atomic E-state index is 11.6. The van der Waals surface area contributed by atoms with E-state index in [9.17, 15) is 14.9 Å². The van der Waals surface area contributed by atoms with E-state index in [0.717, 1.165) is 11.8 Å². The Balaban J connectivity index is 1.99. The van der Waals surface area contributed by atoms with Crippen LogP contribution in [0, 0.1) is 10.1 Å². The molecule has 0 fully saturated rings. The van der Waals surface area contributed by atoms with Gasteiger partial charge in [-0.15, -0.1) is 5.10 Å². The van der Waals surface area contributed by atoms with Crippen LogP contribution in [0.3, 0.4) is 0 Å². The fourth-order valence-electron chi connectivity index (χ4n) is 1.36. The molecular weight excluding hydrogens is 240 g/mol. The molecule has 0 spiro atoms. The number of hydrogen-bond donors (Lipinski definition) is 2. The van der Waals surface area contributed by atoms with Crippen molar-refractivity contribution in [3.8, 4) is 0 Å². The third kappa shape index (κ3) is 2.34. The predicted octanol–water partition coefficient (Wildman–Crippen LogP) is -0.0186. The summed E-state index contributed by atoms with van der Waals surface area (Å²) in [5.74, 6) is -0.804. The molecule has 0 aliphatic heterocycles. The van der Waals surface area contributed by atoms with Crippen molar-refractivity contribution in [2.24, 2.45) is 7.05 Å². The molecule has 0 atom stereocenters. The van der Waals surface area contributed by atoms with Crippen LogP contribution in [0.15, 0.2) is 18.3 Å². The predicted molar refractivity (Wildman–Crippen MR) is 59.6 cm³/mol. The van der Waals surface area contributed by atoms with E-state index in [1.54, 1.807) is 24.0 Å². The van der Waals surface area contributed by atoms with Crippen LogP contribution in [0.2, 0.25) is 0 Å². The van der Waals surface area contributed by atoms with Crippen LogP contribution >= 0.6 is 0 Å². The first-order chi connectivity index (χ1) is 8.58. The Morgan fingerprint density at radius 1 is 1.67 bits per heavy atom. The number of carbonyl (C=O) groups is 1. The average Bonchev–Trinajstić information content (AvgIpc) is 2.94. The Bertz CT molecular complexity index is 587. The van der Waals surface area contributed by atoms with Crippen molar-refractivity contribution < 1.29 is 9.72 Å². The van der Waals surface area contributed by atoms with Crippen LogP contribution in [0.5, 0.6) is 0 Å². The van der Waals surface area contributed by atoms with E-state index >= 15 is 0 Å². The number of nitro groups is 1. The van der Waals surface area contributed by atoms with Crippen LogP contribution in [0.25, 0.3) is 0 Å². The van der Waals surface area contributed by atoms with Crippen molar-refractivity contribution >= 4 is 11.7 Å². The lowest BCUT2D eigenvalue weighted by Gasteiger charge is -2.02. The van der Waals surface area contributed by atoms with E-state index in [1.165, 1.54) is 0 Å². The molecule has 0 aliphatic carbocycles. The highest BCUT2D eigenvalue weighted by molar-refractivity contribution is 5.92. The summed E-state index contributed by atoms with van der Waals surface area (Å²) in [5, 5.41) is 22.7. The second kappa shape index (κ2) is 4.65. The highest BCUT2D eigenvalue weighted by Gasteiger charge is 2.16. The van der Waals surface area contributed by atoms with E-state index in [0.29, 0.717) is 0 Å². The molecule has 9 nitrogen and oxygen atoms in total. The summed E-state index contributed by atoms with van der Waals surface area (Å²) in [5.41, 5.74) is 0.789. The van der Waals surface area contributed by atoms with Gasteiger partial charge in [-0.1, -0.05) is 5.10 Å². The van der Waals surface area contributed by atoms with Gasteiger partial charge in [-0.2, -0.15) is 5.10 Å². The summed E-state index contributed by atoms with van der Waals surface area (Å²) in [6.45, 7) is 0.274. The van der Waals surface area contributed by atoms with Crippen LogP contribution in [-0.4, -0.2) is 30.8 Å². The Labute approximate surface area is 101 Å². The zero-order valence-corrected chi connectivity index (χ0v) is 9.45. The Hall–Kier alpha value is -2.71. The molecule has 2 heterocycles. The maximum atomic E-state index is 11.6. The number of rotatable bonds is 4. The number of nitrogens with zero attached hydrogens (tertiary/aromatic N) is 4. The molecule has 0 saturated heterocycles. The molecule has 0 radical (unpaired) electrons. The van der Waals surface area contributed by atoms with Crippen molar-refractivity contribution in [1.29, 1.82) is 0 Å². The summed E-state index contributed by atoms with van der Waals surface area (Å²) in [7, 11) is 1.75. The number of nitrogens with one attached hydrogen (secondary N) is 2. The van der Waals surface area contributed by atoms with Gasteiger partial charge in [-0.3, -0.25) is 9.48 Å². The van der Waals surface area contributed by atoms with Crippen LogP contribution in [0.4, 0.5) is 5.82 Å². The third-order valence-electron chi connectivity index (χ3n) is 2.35. The van der Waals surface area contributed by atoms with Gasteiger partial charge in [0.1, 0.15) is 0 Å². The molecule has 2 N–H and O–H groups in total. The van der Waals surface area contributed by atoms with Gasteiger partial charge in [0, 0.05) is 13.2 Å². The minimum atomic E-state index is -0.648. The maximum Gasteiger partial charge on any atom is 0.343 e. The van der Waals surface area contributed by atoms with Gasteiger partial charge < -0.3 is 15.4 Å². The van der Waals surface area contributed by atoms with Gasteiger partial charge in [-0.05, 0) is 11.0 Å². The van der Waals surface area contributed by atoms with Crippen molar-refractivity contribution in [2.75, 3.05) is 0 Å². The highest BCUT2D eigenvalue weighted by Crippen LogP contribution is 2.07. The summed E-state index contributed by atoms with van der Waals surface area (Å²) < 4.78 is 1.62. The van der Waals surface area contributed by atoms with Gasteiger partial charge in [0.2, 0.25) is 0 Å². The van der Waals surface area contributed by atoms with Crippen LogP contribution in [0.1, 0.15) is 16.2 Å². The summed E-state index contributed by atoms with van der Waals surface area (Å²) in [4.78, 5) is 21.4. The number of aromatic nitrogens is 4. The fraction of sp³-hybridized carbons (Fsp3) is 0.222. The lowest BCUT2D eigenvalue weighted by Crippen LogP contribution is -2.24. The van der Waals surface area contributed by atoms with Gasteiger partial charge in [0.15, 0.2) is 5.69 Å². The highest BCUT2D eigenvalue weighted by atomic mass is 16.6. The van der Waals surface area contributed by atoms with Gasteiger partial charge in [0.25, 0.3) is 5.91 Å². The molecule has 2 rings (SSSR count). The van der Waals surface area contributed by atoms with Crippen LogP contribution in [-0.2, 0) is 13.6 Å². The first-order valence-electron chi connectivity index (χ1n) is 5.03. The molecule has 2 aromatic heterocycles. The standard InChI is InChI=1S/C9H10N6O3/c1-14-6(2-3-11-14)5-10-9(16)7-4-8(13-12-7)15(17)18/h2-4H,5H2,1H3,(H,10,16)(H,12,13). The monoisotopic (exact) mass is 250 g/mol. The van der Waals surface area contributed by atoms with E-state index in [2.05, 4.69) is 20.6 Å². The first kappa shape index (κ1) is 11.8. The Kier molecular flexibility index (Phi) is 3.04. The molecule has 0 saturated carbocycles. The molecular formula is C9H10N6O3. The van der Waals surface area contributed by atoms with E-state index in [1.807, 2.05) is 0 Å². The zero-order valence-electron chi connectivity index (χ0n) is 9.45. The van der Waals surface area contributed by atoms with Crippen molar-refractivity contribution in [1.82, 2.24) is 25.3 Å². The molecule has 1 amide bonds. The number of H-pyrrole nitrogens is 1. The molecule has 0 bridgehead atoms. The smallest absolute Gasteiger partial charge is 0.343 e. The number of hydrogen-bond acceptors (Lipinski definition) is 5. The van der Waals surface area contributed by atoms with Gasteiger partial charge in [0.05, 0.1) is 18.3 Å². The lowest BCUT2D eigenvalue weighted by atomic mass is 10.3. The van der Waals surface area contributed by atoms with E-state index in [4.69, 9.17) is 0 Å². The van der Waals surface area contributed by atoms with Crippen molar-refractivity contribution in [3.63, 3.8) is 0 Å².